The van der Waals surface area contributed by atoms with Crippen molar-refractivity contribution in [3.63, 3.8) is 0 Å². The van der Waals surface area contributed by atoms with Crippen LogP contribution in [0.2, 0.25) is 0 Å². The molecule has 0 aliphatic carbocycles. The van der Waals surface area contributed by atoms with Gasteiger partial charge in [-0.05, 0) is 24.0 Å². The SMILES string of the molecule is BrC/C=C/C[C@@H](CCOCc1ccccc1)OCc1ccccc1. The first kappa shape index (κ1) is 18.9. The van der Waals surface area contributed by atoms with Gasteiger partial charge in [0.2, 0.25) is 0 Å². The van der Waals surface area contributed by atoms with Crippen LogP contribution in [0.4, 0.5) is 0 Å². The Kier molecular flexibility index (Phi) is 9.47. The molecular formula is C21H25BrO2. The zero-order chi connectivity index (χ0) is 16.9. The van der Waals surface area contributed by atoms with Gasteiger partial charge in [-0.2, -0.15) is 0 Å². The van der Waals surface area contributed by atoms with Crippen LogP contribution in [0.3, 0.4) is 0 Å². The van der Waals surface area contributed by atoms with Crippen LogP contribution in [-0.2, 0) is 22.7 Å². The zero-order valence-electron chi connectivity index (χ0n) is 13.9. The third-order valence-electron chi connectivity index (χ3n) is 3.68. The predicted octanol–water partition coefficient (Wildman–Crippen LogP) is 5.52. The van der Waals surface area contributed by atoms with Crippen molar-refractivity contribution in [1.82, 2.24) is 0 Å². The van der Waals surface area contributed by atoms with Crippen LogP contribution >= 0.6 is 15.9 Å². The van der Waals surface area contributed by atoms with Crippen molar-refractivity contribution in [3.05, 3.63) is 83.9 Å². The molecule has 3 heteroatoms. The average Bonchev–Trinajstić information content (AvgIpc) is 2.64. The Bertz CT molecular complexity index is 569. The summed E-state index contributed by atoms with van der Waals surface area (Å²) < 4.78 is 11.9. The lowest BCUT2D eigenvalue weighted by atomic mass is 10.1. The molecule has 0 spiro atoms. The number of alkyl halides is 1. The Morgan fingerprint density at radius 1 is 0.833 bits per heavy atom. The number of hydrogen-bond donors (Lipinski definition) is 0. The Balaban J connectivity index is 1.74. The third-order valence-corrected chi connectivity index (χ3v) is 4.05. The monoisotopic (exact) mass is 388 g/mol. The molecule has 0 saturated heterocycles. The Hall–Kier alpha value is -1.42. The second-order valence-electron chi connectivity index (χ2n) is 5.61. The standard InChI is InChI=1S/C21H25BrO2/c22-15-8-7-13-21(24-18-20-11-5-2-6-12-20)14-16-23-17-19-9-3-1-4-10-19/h1-12,21H,13-18H2/b8-7+/t21-/m0/s1. The summed E-state index contributed by atoms with van der Waals surface area (Å²) in [5, 5.41) is 0.878. The smallest absolute Gasteiger partial charge is 0.0720 e. The topological polar surface area (TPSA) is 18.5 Å². The lowest BCUT2D eigenvalue weighted by Gasteiger charge is -2.17. The fourth-order valence-electron chi connectivity index (χ4n) is 2.35. The summed E-state index contributed by atoms with van der Waals surface area (Å²) in [6.07, 6.45) is 6.27. The summed E-state index contributed by atoms with van der Waals surface area (Å²) in [5.41, 5.74) is 2.41. The molecule has 0 amide bonds. The molecule has 0 aromatic heterocycles. The molecular weight excluding hydrogens is 364 g/mol. The maximum Gasteiger partial charge on any atom is 0.0720 e. The second kappa shape index (κ2) is 12.0. The number of rotatable bonds is 11. The largest absolute Gasteiger partial charge is 0.377 e. The van der Waals surface area contributed by atoms with Gasteiger partial charge in [0.1, 0.15) is 0 Å². The Morgan fingerprint density at radius 2 is 1.46 bits per heavy atom. The van der Waals surface area contributed by atoms with Crippen LogP contribution in [0.25, 0.3) is 0 Å². The van der Waals surface area contributed by atoms with Gasteiger partial charge in [0, 0.05) is 11.9 Å². The summed E-state index contributed by atoms with van der Waals surface area (Å²) in [6.45, 7) is 2.01. The summed E-state index contributed by atoms with van der Waals surface area (Å²) in [7, 11) is 0. The summed E-state index contributed by atoms with van der Waals surface area (Å²) >= 11 is 3.41. The fourth-order valence-corrected chi connectivity index (χ4v) is 2.61. The minimum atomic E-state index is 0.177. The molecule has 2 rings (SSSR count). The number of benzene rings is 2. The molecule has 0 radical (unpaired) electrons. The van der Waals surface area contributed by atoms with E-state index in [4.69, 9.17) is 9.47 Å². The fraction of sp³-hybridized carbons (Fsp3) is 0.333. The highest BCUT2D eigenvalue weighted by molar-refractivity contribution is 9.09. The van der Waals surface area contributed by atoms with Gasteiger partial charge in [0.15, 0.2) is 0 Å². The minimum absolute atomic E-state index is 0.177. The maximum atomic E-state index is 6.08. The van der Waals surface area contributed by atoms with Gasteiger partial charge in [-0.25, -0.2) is 0 Å². The first-order valence-electron chi connectivity index (χ1n) is 8.36. The van der Waals surface area contributed by atoms with E-state index in [1.165, 1.54) is 11.1 Å². The molecule has 0 aliphatic rings. The Morgan fingerprint density at radius 3 is 2.08 bits per heavy atom. The third kappa shape index (κ3) is 7.91. The van der Waals surface area contributed by atoms with E-state index >= 15 is 0 Å². The van der Waals surface area contributed by atoms with E-state index in [1.54, 1.807) is 0 Å². The highest BCUT2D eigenvalue weighted by atomic mass is 79.9. The quantitative estimate of drug-likeness (QED) is 0.286. The molecule has 0 fully saturated rings. The van der Waals surface area contributed by atoms with Crippen molar-refractivity contribution in [2.45, 2.75) is 32.2 Å². The number of hydrogen-bond acceptors (Lipinski definition) is 2. The molecule has 0 N–H and O–H groups in total. The minimum Gasteiger partial charge on any atom is -0.377 e. The summed E-state index contributed by atoms with van der Waals surface area (Å²) in [6, 6.07) is 20.6. The van der Waals surface area contributed by atoms with Crippen LogP contribution in [0.15, 0.2) is 72.8 Å². The van der Waals surface area contributed by atoms with E-state index in [1.807, 2.05) is 36.4 Å². The molecule has 2 nitrogen and oxygen atoms in total. The zero-order valence-corrected chi connectivity index (χ0v) is 15.5. The van der Waals surface area contributed by atoms with Crippen LogP contribution in [0.5, 0.6) is 0 Å². The molecule has 0 bridgehead atoms. The van der Waals surface area contributed by atoms with Gasteiger partial charge < -0.3 is 9.47 Å². The van der Waals surface area contributed by atoms with Gasteiger partial charge in [0.05, 0.1) is 19.3 Å². The van der Waals surface area contributed by atoms with Gasteiger partial charge >= 0.3 is 0 Å². The first-order chi connectivity index (χ1) is 11.9. The van der Waals surface area contributed by atoms with E-state index in [0.29, 0.717) is 19.8 Å². The Labute approximate surface area is 153 Å². The summed E-state index contributed by atoms with van der Waals surface area (Å²) in [5.74, 6) is 0. The van der Waals surface area contributed by atoms with E-state index < -0.39 is 0 Å². The van der Waals surface area contributed by atoms with Crippen LogP contribution in [-0.4, -0.2) is 18.0 Å². The average molecular weight is 389 g/mol. The normalized spacial score (nSPS) is 12.5. The van der Waals surface area contributed by atoms with E-state index in [2.05, 4.69) is 52.3 Å². The van der Waals surface area contributed by atoms with Crippen LogP contribution in [0, 0.1) is 0 Å². The van der Waals surface area contributed by atoms with Crippen molar-refractivity contribution < 1.29 is 9.47 Å². The molecule has 2 aromatic rings. The molecule has 24 heavy (non-hydrogen) atoms. The summed E-state index contributed by atoms with van der Waals surface area (Å²) in [4.78, 5) is 0. The molecule has 128 valence electrons. The highest BCUT2D eigenvalue weighted by Crippen LogP contribution is 2.11. The van der Waals surface area contributed by atoms with Gasteiger partial charge in [0.25, 0.3) is 0 Å². The lowest BCUT2D eigenvalue weighted by Crippen LogP contribution is -2.15. The van der Waals surface area contributed by atoms with Crippen LogP contribution < -0.4 is 0 Å². The van der Waals surface area contributed by atoms with Crippen molar-refractivity contribution in [3.8, 4) is 0 Å². The van der Waals surface area contributed by atoms with Gasteiger partial charge in [-0.1, -0.05) is 88.7 Å². The van der Waals surface area contributed by atoms with Crippen LogP contribution in [0.1, 0.15) is 24.0 Å². The van der Waals surface area contributed by atoms with Crippen molar-refractivity contribution in [2.75, 3.05) is 11.9 Å². The van der Waals surface area contributed by atoms with E-state index in [9.17, 15) is 0 Å². The van der Waals surface area contributed by atoms with E-state index in [0.717, 1.165) is 18.2 Å². The molecule has 0 aliphatic heterocycles. The van der Waals surface area contributed by atoms with Gasteiger partial charge in [-0.3, -0.25) is 0 Å². The lowest BCUT2D eigenvalue weighted by molar-refractivity contribution is 0.0105. The highest BCUT2D eigenvalue weighted by Gasteiger charge is 2.08. The molecule has 2 aromatic carbocycles. The first-order valence-corrected chi connectivity index (χ1v) is 9.49. The number of ether oxygens (including phenoxy) is 2. The number of allylic oxidation sites excluding steroid dienone is 1. The molecule has 0 saturated carbocycles. The predicted molar refractivity (Wildman–Crippen MR) is 103 cm³/mol. The van der Waals surface area contributed by atoms with Crippen molar-refractivity contribution in [2.24, 2.45) is 0 Å². The van der Waals surface area contributed by atoms with Crippen molar-refractivity contribution in [1.29, 1.82) is 0 Å². The molecule has 0 unspecified atom stereocenters. The second-order valence-corrected chi connectivity index (χ2v) is 6.25. The molecule has 0 heterocycles. The number of halogens is 1. The maximum absolute atomic E-state index is 6.08. The van der Waals surface area contributed by atoms with E-state index in [-0.39, 0.29) is 6.10 Å². The van der Waals surface area contributed by atoms with Crippen molar-refractivity contribution >= 4 is 15.9 Å². The van der Waals surface area contributed by atoms with Gasteiger partial charge in [-0.15, -0.1) is 0 Å². The molecule has 1 atom stereocenters.